The summed E-state index contributed by atoms with van der Waals surface area (Å²) in [6.07, 6.45) is 1.46. The summed E-state index contributed by atoms with van der Waals surface area (Å²) in [6.45, 7) is 1.26. The Bertz CT molecular complexity index is 392. The first-order valence-corrected chi connectivity index (χ1v) is 4.23. The van der Waals surface area contributed by atoms with E-state index in [-0.39, 0.29) is 6.03 Å². The molecule has 0 saturated carbocycles. The number of anilines is 1. The van der Waals surface area contributed by atoms with Gasteiger partial charge in [0.25, 0.3) is 0 Å². The van der Waals surface area contributed by atoms with Crippen LogP contribution in [0.4, 0.5) is 10.6 Å². The molecule has 2 rings (SSSR count). The number of carbonyl (C=O) groups is 1. The van der Waals surface area contributed by atoms with Gasteiger partial charge in [0, 0.05) is 19.3 Å². The van der Waals surface area contributed by atoms with Crippen LogP contribution in [0.2, 0.25) is 0 Å². The van der Waals surface area contributed by atoms with Crippen LogP contribution in [-0.2, 0) is 0 Å². The minimum atomic E-state index is -0.137. The molecule has 0 atom stereocenters. The fraction of sp³-hybridized carbons (Fsp3) is 0.222. The predicted octanol–water partition coefficient (Wildman–Crippen LogP) is 0.483. The van der Waals surface area contributed by atoms with Gasteiger partial charge in [0.2, 0.25) is 0 Å². The fourth-order valence-corrected chi connectivity index (χ4v) is 1.30. The van der Waals surface area contributed by atoms with Crippen molar-refractivity contribution in [2.45, 2.75) is 0 Å². The summed E-state index contributed by atoms with van der Waals surface area (Å²) < 4.78 is 0. The zero-order valence-electron chi connectivity index (χ0n) is 7.40. The Hall–Kier alpha value is -2.09. The van der Waals surface area contributed by atoms with Gasteiger partial charge in [-0.25, -0.2) is 9.78 Å². The van der Waals surface area contributed by atoms with Crippen molar-refractivity contribution in [2.75, 3.05) is 18.0 Å². The lowest BCUT2D eigenvalue weighted by Crippen LogP contribution is -2.28. The molecule has 0 unspecified atom stereocenters. The number of aromatic nitrogens is 1. The molecule has 0 bridgehead atoms. The zero-order chi connectivity index (χ0) is 9.97. The Balaban J connectivity index is 2.25. The predicted molar refractivity (Wildman–Crippen MR) is 49.7 cm³/mol. The number of nitriles is 1. The van der Waals surface area contributed by atoms with E-state index < -0.39 is 0 Å². The van der Waals surface area contributed by atoms with Crippen molar-refractivity contribution in [1.29, 1.82) is 5.26 Å². The highest BCUT2D eigenvalue weighted by atomic mass is 16.2. The molecule has 2 amide bonds. The van der Waals surface area contributed by atoms with Crippen LogP contribution in [-0.4, -0.2) is 24.1 Å². The maximum atomic E-state index is 11.2. The van der Waals surface area contributed by atoms with Gasteiger partial charge in [0.1, 0.15) is 11.9 Å². The second-order valence-corrected chi connectivity index (χ2v) is 2.90. The van der Waals surface area contributed by atoms with E-state index in [1.807, 2.05) is 6.07 Å². The summed E-state index contributed by atoms with van der Waals surface area (Å²) >= 11 is 0. The molecule has 0 aliphatic carbocycles. The lowest BCUT2D eigenvalue weighted by Gasteiger charge is -2.11. The van der Waals surface area contributed by atoms with Crippen molar-refractivity contribution >= 4 is 11.8 Å². The van der Waals surface area contributed by atoms with Crippen molar-refractivity contribution in [3.63, 3.8) is 0 Å². The smallest absolute Gasteiger partial charge is 0.323 e. The first-order chi connectivity index (χ1) is 6.81. The van der Waals surface area contributed by atoms with E-state index >= 15 is 0 Å². The molecule has 0 spiro atoms. The monoisotopic (exact) mass is 188 g/mol. The fourth-order valence-electron chi connectivity index (χ4n) is 1.30. The summed E-state index contributed by atoms with van der Waals surface area (Å²) in [4.78, 5) is 16.8. The highest BCUT2D eigenvalue weighted by molar-refractivity contribution is 5.92. The number of rotatable bonds is 1. The summed E-state index contributed by atoms with van der Waals surface area (Å²) in [5.74, 6) is 0.582. The Kier molecular flexibility index (Phi) is 2.03. The van der Waals surface area contributed by atoms with Crippen molar-refractivity contribution in [2.24, 2.45) is 0 Å². The molecular weight excluding hydrogens is 180 g/mol. The van der Waals surface area contributed by atoms with Gasteiger partial charge in [0.05, 0.1) is 5.56 Å². The van der Waals surface area contributed by atoms with Crippen LogP contribution < -0.4 is 10.2 Å². The van der Waals surface area contributed by atoms with Crippen molar-refractivity contribution in [3.05, 3.63) is 23.9 Å². The van der Waals surface area contributed by atoms with E-state index in [0.717, 1.165) is 0 Å². The van der Waals surface area contributed by atoms with E-state index in [9.17, 15) is 4.79 Å². The van der Waals surface area contributed by atoms with Crippen LogP contribution in [0.3, 0.4) is 0 Å². The van der Waals surface area contributed by atoms with E-state index in [2.05, 4.69) is 10.3 Å². The molecule has 2 heterocycles. The Morgan fingerprint density at radius 2 is 2.43 bits per heavy atom. The average Bonchev–Trinajstić information content (AvgIpc) is 2.65. The van der Waals surface area contributed by atoms with Gasteiger partial charge in [-0.2, -0.15) is 5.26 Å². The van der Waals surface area contributed by atoms with Crippen molar-refractivity contribution in [3.8, 4) is 6.07 Å². The normalized spacial score (nSPS) is 15.1. The third-order valence-electron chi connectivity index (χ3n) is 2.01. The SMILES string of the molecule is N#Cc1ccc(N2CCNC2=O)nc1. The quantitative estimate of drug-likeness (QED) is 0.697. The number of carbonyl (C=O) groups excluding carboxylic acids is 1. The molecule has 1 aromatic rings. The number of hydrogen-bond donors (Lipinski definition) is 1. The Labute approximate surface area is 81.0 Å². The van der Waals surface area contributed by atoms with Gasteiger partial charge in [0.15, 0.2) is 0 Å². The summed E-state index contributed by atoms with van der Waals surface area (Å²) in [6, 6.07) is 5.15. The summed E-state index contributed by atoms with van der Waals surface area (Å²) in [5.41, 5.74) is 0.494. The van der Waals surface area contributed by atoms with Gasteiger partial charge in [-0.15, -0.1) is 0 Å². The topological polar surface area (TPSA) is 69.0 Å². The summed E-state index contributed by atoms with van der Waals surface area (Å²) in [7, 11) is 0. The molecule has 1 fully saturated rings. The minimum absolute atomic E-state index is 0.137. The largest absolute Gasteiger partial charge is 0.336 e. The van der Waals surface area contributed by atoms with Crippen LogP contribution in [0, 0.1) is 11.3 Å². The number of urea groups is 1. The zero-order valence-corrected chi connectivity index (χ0v) is 7.40. The first kappa shape index (κ1) is 8.51. The highest BCUT2D eigenvalue weighted by Crippen LogP contribution is 2.12. The maximum Gasteiger partial charge on any atom is 0.323 e. The molecule has 1 saturated heterocycles. The van der Waals surface area contributed by atoms with Gasteiger partial charge >= 0.3 is 6.03 Å². The number of amides is 2. The molecule has 70 valence electrons. The lowest BCUT2D eigenvalue weighted by atomic mass is 10.3. The van der Waals surface area contributed by atoms with Crippen LogP contribution in [0.25, 0.3) is 0 Å². The molecule has 0 radical (unpaired) electrons. The Morgan fingerprint density at radius 1 is 1.57 bits per heavy atom. The van der Waals surface area contributed by atoms with E-state index in [0.29, 0.717) is 24.5 Å². The van der Waals surface area contributed by atoms with Crippen LogP contribution in [0.5, 0.6) is 0 Å². The van der Waals surface area contributed by atoms with Gasteiger partial charge in [-0.3, -0.25) is 4.90 Å². The van der Waals surface area contributed by atoms with E-state index in [1.165, 1.54) is 6.20 Å². The molecule has 1 aliphatic heterocycles. The third-order valence-corrected chi connectivity index (χ3v) is 2.01. The van der Waals surface area contributed by atoms with E-state index in [4.69, 9.17) is 5.26 Å². The second-order valence-electron chi connectivity index (χ2n) is 2.90. The molecular formula is C9H8N4O. The number of nitrogens with zero attached hydrogens (tertiary/aromatic N) is 3. The maximum absolute atomic E-state index is 11.2. The number of hydrogen-bond acceptors (Lipinski definition) is 3. The standard InChI is InChI=1S/C9H8N4O/c10-5-7-1-2-8(12-6-7)13-4-3-11-9(13)14/h1-2,6H,3-4H2,(H,11,14). The average molecular weight is 188 g/mol. The van der Waals surface area contributed by atoms with Crippen LogP contribution >= 0.6 is 0 Å². The van der Waals surface area contributed by atoms with Gasteiger partial charge < -0.3 is 5.32 Å². The molecule has 5 heteroatoms. The Morgan fingerprint density at radius 3 is 2.93 bits per heavy atom. The van der Waals surface area contributed by atoms with Crippen molar-refractivity contribution < 1.29 is 4.79 Å². The van der Waals surface area contributed by atoms with E-state index in [1.54, 1.807) is 17.0 Å². The second kappa shape index (κ2) is 3.34. The number of nitrogens with one attached hydrogen (secondary N) is 1. The minimum Gasteiger partial charge on any atom is -0.336 e. The van der Waals surface area contributed by atoms with Gasteiger partial charge in [-0.05, 0) is 12.1 Å². The van der Waals surface area contributed by atoms with Crippen LogP contribution in [0.1, 0.15) is 5.56 Å². The molecule has 1 aliphatic rings. The lowest BCUT2D eigenvalue weighted by molar-refractivity contribution is 0.252. The van der Waals surface area contributed by atoms with Crippen molar-refractivity contribution in [1.82, 2.24) is 10.3 Å². The first-order valence-electron chi connectivity index (χ1n) is 4.23. The molecule has 1 N–H and O–H groups in total. The molecule has 1 aromatic heterocycles. The van der Waals surface area contributed by atoms with Gasteiger partial charge in [-0.1, -0.05) is 0 Å². The van der Waals surface area contributed by atoms with Crippen LogP contribution in [0.15, 0.2) is 18.3 Å². The molecule has 5 nitrogen and oxygen atoms in total. The third kappa shape index (κ3) is 1.38. The molecule has 14 heavy (non-hydrogen) atoms. The summed E-state index contributed by atoms with van der Waals surface area (Å²) in [5, 5.41) is 11.2. The highest BCUT2D eigenvalue weighted by Gasteiger charge is 2.21. The molecule has 0 aromatic carbocycles. The number of pyridine rings is 1.